The van der Waals surface area contributed by atoms with Crippen molar-refractivity contribution < 1.29 is 23.5 Å². The number of fused-ring (bicyclic) bond motifs is 1. The van der Waals surface area contributed by atoms with Crippen LogP contribution in [0.25, 0.3) is 11.0 Å². The van der Waals surface area contributed by atoms with Crippen LogP contribution in [0, 0.1) is 20.8 Å². The summed E-state index contributed by atoms with van der Waals surface area (Å²) in [4.78, 5) is 36.9. The van der Waals surface area contributed by atoms with Gasteiger partial charge in [-0.25, -0.2) is 14.4 Å². The van der Waals surface area contributed by atoms with E-state index in [1.807, 2.05) is 13.8 Å². The van der Waals surface area contributed by atoms with Crippen LogP contribution in [0.15, 0.2) is 21.3 Å². The molecule has 0 aliphatic heterocycles. The Kier molecular flexibility index (Phi) is 6.72. The molecule has 1 unspecified atom stereocenters. The van der Waals surface area contributed by atoms with Crippen molar-refractivity contribution in [2.24, 2.45) is 0 Å². The van der Waals surface area contributed by atoms with E-state index >= 15 is 0 Å². The smallest absolute Gasteiger partial charge is 0.408 e. The lowest BCUT2D eigenvalue weighted by Gasteiger charge is -2.23. The molecule has 1 heterocycles. The van der Waals surface area contributed by atoms with E-state index in [-0.39, 0.29) is 0 Å². The molecule has 7 nitrogen and oxygen atoms in total. The van der Waals surface area contributed by atoms with Crippen molar-refractivity contribution >= 4 is 23.0 Å². The number of benzene rings is 1. The Hall–Kier alpha value is -2.83. The molecule has 1 amide bonds. The van der Waals surface area contributed by atoms with Gasteiger partial charge in [0.1, 0.15) is 23.0 Å². The van der Waals surface area contributed by atoms with Gasteiger partial charge in [-0.2, -0.15) is 0 Å². The minimum atomic E-state index is -0.859. The molecule has 1 N–H and O–H groups in total. The molecule has 29 heavy (non-hydrogen) atoms. The number of esters is 1. The van der Waals surface area contributed by atoms with Crippen molar-refractivity contribution in [2.75, 3.05) is 0 Å². The third kappa shape index (κ3) is 5.59. The summed E-state index contributed by atoms with van der Waals surface area (Å²) in [6.45, 7) is 12.4. The molecule has 0 aliphatic carbocycles. The summed E-state index contributed by atoms with van der Waals surface area (Å²) >= 11 is 0. The molecule has 0 bridgehead atoms. The molecule has 0 spiro atoms. The molecular weight excluding hydrogens is 374 g/mol. The van der Waals surface area contributed by atoms with Crippen molar-refractivity contribution in [1.82, 2.24) is 5.32 Å². The number of amides is 1. The van der Waals surface area contributed by atoms with Crippen molar-refractivity contribution in [3.05, 3.63) is 39.2 Å². The highest BCUT2D eigenvalue weighted by Gasteiger charge is 2.26. The second-order valence-electron chi connectivity index (χ2n) is 8.18. The van der Waals surface area contributed by atoms with Crippen molar-refractivity contribution in [2.45, 2.75) is 73.0 Å². The van der Waals surface area contributed by atoms with E-state index in [1.54, 1.807) is 46.8 Å². The molecule has 2 rings (SSSR count). The predicted molar refractivity (Wildman–Crippen MR) is 110 cm³/mol. The maximum atomic E-state index is 12.8. The first-order valence-electron chi connectivity index (χ1n) is 9.68. The van der Waals surface area contributed by atoms with E-state index in [9.17, 15) is 14.4 Å². The fourth-order valence-corrected chi connectivity index (χ4v) is 2.94. The molecule has 0 aliphatic rings. The van der Waals surface area contributed by atoms with Crippen molar-refractivity contribution in [1.29, 1.82) is 0 Å². The van der Waals surface area contributed by atoms with Gasteiger partial charge < -0.3 is 19.2 Å². The van der Waals surface area contributed by atoms with Gasteiger partial charge in [-0.05, 0) is 71.2 Å². The summed E-state index contributed by atoms with van der Waals surface area (Å²) in [5, 5.41) is 3.15. The van der Waals surface area contributed by atoms with Gasteiger partial charge in [-0.1, -0.05) is 13.3 Å². The zero-order valence-corrected chi connectivity index (χ0v) is 18.1. The highest BCUT2D eigenvalue weighted by atomic mass is 16.6. The predicted octanol–water partition coefficient (Wildman–Crippen LogP) is 4.32. The van der Waals surface area contributed by atoms with Gasteiger partial charge in [0, 0.05) is 5.56 Å². The lowest BCUT2D eigenvalue weighted by atomic mass is 10.0. The number of hydrogen-bond donors (Lipinski definition) is 1. The highest BCUT2D eigenvalue weighted by Crippen LogP contribution is 2.31. The normalized spacial score (nSPS) is 12.5. The summed E-state index contributed by atoms with van der Waals surface area (Å²) < 4.78 is 16.3. The lowest BCUT2D eigenvalue weighted by Crippen LogP contribution is -2.45. The minimum Gasteiger partial charge on any atom is -0.444 e. The van der Waals surface area contributed by atoms with Gasteiger partial charge in [0.25, 0.3) is 0 Å². The monoisotopic (exact) mass is 403 g/mol. The van der Waals surface area contributed by atoms with E-state index in [0.29, 0.717) is 40.7 Å². The SMILES string of the molecule is CCCC(NC(=O)OC(C)(C)C)C(=O)Oc1cc(C)cc2oc(=O)c(C)c(C)c12. The summed E-state index contributed by atoms with van der Waals surface area (Å²) in [6.07, 6.45) is 0.381. The molecule has 0 saturated heterocycles. The van der Waals surface area contributed by atoms with Gasteiger partial charge in [-0.15, -0.1) is 0 Å². The molecule has 1 aromatic carbocycles. The molecule has 0 saturated carbocycles. The molecular formula is C22H29NO6. The lowest BCUT2D eigenvalue weighted by molar-refractivity contribution is -0.136. The van der Waals surface area contributed by atoms with Crippen LogP contribution in [0.1, 0.15) is 57.2 Å². The largest absolute Gasteiger partial charge is 0.444 e. The van der Waals surface area contributed by atoms with Crippen molar-refractivity contribution in [3.8, 4) is 5.75 Å². The Balaban J connectivity index is 2.36. The molecule has 1 aromatic heterocycles. The van der Waals surface area contributed by atoms with Crippen LogP contribution >= 0.6 is 0 Å². The Morgan fingerprint density at radius 1 is 1.14 bits per heavy atom. The second-order valence-corrected chi connectivity index (χ2v) is 8.18. The van der Waals surface area contributed by atoms with Gasteiger partial charge in [0.2, 0.25) is 0 Å². The van der Waals surface area contributed by atoms with E-state index in [4.69, 9.17) is 13.9 Å². The van der Waals surface area contributed by atoms with Crippen LogP contribution in [0.4, 0.5) is 4.79 Å². The number of ether oxygens (including phenoxy) is 2. The third-order valence-corrected chi connectivity index (χ3v) is 4.42. The number of nitrogens with one attached hydrogen (secondary N) is 1. The summed E-state index contributed by atoms with van der Waals surface area (Å²) in [5.41, 5.74) is 1.17. The van der Waals surface area contributed by atoms with Gasteiger partial charge >= 0.3 is 17.7 Å². The fourth-order valence-electron chi connectivity index (χ4n) is 2.94. The minimum absolute atomic E-state index is 0.293. The molecule has 158 valence electrons. The molecule has 0 radical (unpaired) electrons. The summed E-state index contributed by atoms with van der Waals surface area (Å²) in [7, 11) is 0. The third-order valence-electron chi connectivity index (χ3n) is 4.42. The van der Waals surface area contributed by atoms with E-state index in [0.717, 1.165) is 5.56 Å². The quantitative estimate of drug-likeness (QED) is 0.454. The number of alkyl carbamates (subject to hydrolysis) is 1. The maximum absolute atomic E-state index is 12.8. The number of carbonyl (C=O) groups is 2. The summed E-state index contributed by atoms with van der Waals surface area (Å²) in [5.74, 6) is -0.311. The van der Waals surface area contributed by atoms with E-state index < -0.39 is 29.3 Å². The number of aryl methyl sites for hydroxylation is 2. The molecule has 1 atom stereocenters. The van der Waals surface area contributed by atoms with E-state index in [2.05, 4.69) is 5.32 Å². The molecule has 0 fully saturated rings. The first kappa shape index (κ1) is 22.5. The standard InChI is InChI=1S/C22H29NO6/c1-8-9-15(23-21(26)29-22(5,6)7)20(25)28-17-11-12(2)10-16-18(17)13(3)14(4)19(24)27-16/h10-11,15H,8-9H2,1-7H3,(H,23,26). The van der Waals surface area contributed by atoms with Gasteiger partial charge in [-0.3, -0.25) is 0 Å². The highest BCUT2D eigenvalue weighted by molar-refractivity contribution is 5.92. The van der Waals surface area contributed by atoms with Crippen LogP contribution in [-0.2, 0) is 9.53 Å². The number of carbonyl (C=O) groups excluding carboxylic acids is 2. The maximum Gasteiger partial charge on any atom is 0.408 e. The fraction of sp³-hybridized carbons (Fsp3) is 0.500. The molecule has 2 aromatic rings. The Labute approximate surface area is 170 Å². The van der Waals surface area contributed by atoms with Crippen LogP contribution in [0.3, 0.4) is 0 Å². The van der Waals surface area contributed by atoms with Crippen LogP contribution in [0.5, 0.6) is 5.75 Å². The Morgan fingerprint density at radius 2 is 1.79 bits per heavy atom. The molecule has 7 heteroatoms. The first-order chi connectivity index (χ1) is 13.4. The topological polar surface area (TPSA) is 94.8 Å². The zero-order chi connectivity index (χ0) is 21.9. The Morgan fingerprint density at radius 3 is 2.38 bits per heavy atom. The summed E-state index contributed by atoms with van der Waals surface area (Å²) in [6, 6.07) is 2.58. The number of rotatable bonds is 5. The van der Waals surface area contributed by atoms with E-state index in [1.165, 1.54) is 0 Å². The van der Waals surface area contributed by atoms with Crippen LogP contribution in [-0.4, -0.2) is 23.7 Å². The van der Waals surface area contributed by atoms with Crippen molar-refractivity contribution in [3.63, 3.8) is 0 Å². The van der Waals surface area contributed by atoms with Gasteiger partial charge in [0.15, 0.2) is 0 Å². The zero-order valence-electron chi connectivity index (χ0n) is 18.1. The van der Waals surface area contributed by atoms with Crippen LogP contribution < -0.4 is 15.7 Å². The average Bonchev–Trinajstić information content (AvgIpc) is 2.57. The van der Waals surface area contributed by atoms with Crippen LogP contribution in [0.2, 0.25) is 0 Å². The Bertz CT molecular complexity index is 983. The van der Waals surface area contributed by atoms with Gasteiger partial charge in [0.05, 0.1) is 5.39 Å². The second kappa shape index (κ2) is 8.68. The number of hydrogen-bond acceptors (Lipinski definition) is 6. The first-order valence-corrected chi connectivity index (χ1v) is 9.68. The average molecular weight is 403 g/mol.